The standard InChI is InChI=1S/C15H22O2S/c1-4-7-8-9-10-11-12-14(17-5-2)13-15(16)18-6-3/h14H,4-8,13H2,1-3H3. The number of rotatable bonds is 7. The summed E-state index contributed by atoms with van der Waals surface area (Å²) in [5.41, 5.74) is 0. The molecule has 0 N–H and O–H groups in total. The average Bonchev–Trinajstić information content (AvgIpc) is 2.34. The molecule has 2 nitrogen and oxygen atoms in total. The van der Waals surface area contributed by atoms with Crippen molar-refractivity contribution in [2.24, 2.45) is 0 Å². The molecule has 0 aromatic heterocycles. The van der Waals surface area contributed by atoms with Crippen molar-refractivity contribution in [3.05, 3.63) is 0 Å². The van der Waals surface area contributed by atoms with Crippen molar-refractivity contribution < 1.29 is 9.53 Å². The normalized spacial score (nSPS) is 10.8. The molecule has 0 rings (SSSR count). The third-order valence-electron chi connectivity index (χ3n) is 2.06. The van der Waals surface area contributed by atoms with Gasteiger partial charge in [-0.15, -0.1) is 0 Å². The molecular weight excluding hydrogens is 244 g/mol. The van der Waals surface area contributed by atoms with Crippen LogP contribution in [0.15, 0.2) is 0 Å². The van der Waals surface area contributed by atoms with E-state index in [-0.39, 0.29) is 11.2 Å². The van der Waals surface area contributed by atoms with Crippen molar-refractivity contribution in [3.63, 3.8) is 0 Å². The van der Waals surface area contributed by atoms with E-state index in [1.165, 1.54) is 11.8 Å². The second-order valence-corrected chi connectivity index (χ2v) is 4.95. The summed E-state index contributed by atoms with van der Waals surface area (Å²) in [6.45, 7) is 6.56. The summed E-state index contributed by atoms with van der Waals surface area (Å²) in [6, 6.07) is 0. The number of ether oxygens (including phenoxy) is 1. The van der Waals surface area contributed by atoms with Crippen LogP contribution in [0, 0.1) is 23.7 Å². The van der Waals surface area contributed by atoms with Gasteiger partial charge in [0.25, 0.3) is 0 Å². The third-order valence-corrected chi connectivity index (χ3v) is 2.84. The van der Waals surface area contributed by atoms with Crippen molar-refractivity contribution in [2.75, 3.05) is 12.4 Å². The van der Waals surface area contributed by atoms with E-state index in [1.54, 1.807) is 0 Å². The highest BCUT2D eigenvalue weighted by Crippen LogP contribution is 2.08. The highest BCUT2D eigenvalue weighted by molar-refractivity contribution is 8.13. The molecule has 0 aromatic carbocycles. The quantitative estimate of drug-likeness (QED) is 0.522. The van der Waals surface area contributed by atoms with E-state index in [1.807, 2.05) is 13.8 Å². The predicted molar refractivity (Wildman–Crippen MR) is 78.2 cm³/mol. The minimum Gasteiger partial charge on any atom is -0.365 e. The smallest absolute Gasteiger partial charge is 0.192 e. The van der Waals surface area contributed by atoms with Gasteiger partial charge in [0, 0.05) is 13.0 Å². The average molecular weight is 266 g/mol. The number of carbonyl (C=O) groups excluding carboxylic acids is 1. The Balaban J connectivity index is 4.20. The van der Waals surface area contributed by atoms with Gasteiger partial charge in [0.1, 0.15) is 6.10 Å². The molecule has 0 aliphatic heterocycles. The van der Waals surface area contributed by atoms with Gasteiger partial charge >= 0.3 is 0 Å². The summed E-state index contributed by atoms with van der Waals surface area (Å²) in [7, 11) is 0. The molecule has 0 radical (unpaired) electrons. The molecule has 0 saturated carbocycles. The number of unbranched alkanes of at least 4 members (excludes halogenated alkanes) is 2. The van der Waals surface area contributed by atoms with Crippen LogP contribution in [0.5, 0.6) is 0 Å². The molecule has 0 saturated heterocycles. The SMILES string of the molecule is CCCCC#CC#CC(CC(=O)SCC)OCC. The Hall–Kier alpha value is -0.900. The zero-order valence-electron chi connectivity index (χ0n) is 11.5. The van der Waals surface area contributed by atoms with Crippen molar-refractivity contribution in [1.82, 2.24) is 0 Å². The van der Waals surface area contributed by atoms with Gasteiger partial charge in [0.05, 0.1) is 6.42 Å². The monoisotopic (exact) mass is 266 g/mol. The fourth-order valence-corrected chi connectivity index (χ4v) is 1.80. The number of hydrogen-bond acceptors (Lipinski definition) is 3. The van der Waals surface area contributed by atoms with Crippen LogP contribution in [0.2, 0.25) is 0 Å². The van der Waals surface area contributed by atoms with E-state index < -0.39 is 0 Å². The third kappa shape index (κ3) is 10.3. The molecule has 0 aromatic rings. The maximum Gasteiger partial charge on any atom is 0.192 e. The van der Waals surface area contributed by atoms with E-state index in [0.717, 1.165) is 25.0 Å². The lowest BCUT2D eigenvalue weighted by Gasteiger charge is -2.08. The van der Waals surface area contributed by atoms with Crippen LogP contribution in [-0.4, -0.2) is 23.6 Å². The molecular formula is C15H22O2S. The van der Waals surface area contributed by atoms with E-state index >= 15 is 0 Å². The minimum absolute atomic E-state index is 0.129. The first-order valence-electron chi connectivity index (χ1n) is 6.50. The largest absolute Gasteiger partial charge is 0.365 e. The molecule has 0 aliphatic carbocycles. The maximum atomic E-state index is 11.5. The molecule has 0 bridgehead atoms. The second-order valence-electron chi connectivity index (χ2n) is 3.63. The lowest BCUT2D eigenvalue weighted by atomic mass is 10.2. The van der Waals surface area contributed by atoms with E-state index in [4.69, 9.17) is 4.74 Å². The Morgan fingerprint density at radius 1 is 1.28 bits per heavy atom. The van der Waals surface area contributed by atoms with E-state index in [9.17, 15) is 4.79 Å². The van der Waals surface area contributed by atoms with Crippen LogP contribution < -0.4 is 0 Å². The van der Waals surface area contributed by atoms with Crippen molar-refractivity contribution in [2.45, 2.75) is 52.6 Å². The van der Waals surface area contributed by atoms with Crippen LogP contribution in [-0.2, 0) is 9.53 Å². The Bertz CT molecular complexity index is 341. The molecule has 18 heavy (non-hydrogen) atoms. The summed E-state index contributed by atoms with van der Waals surface area (Å²) in [4.78, 5) is 11.5. The predicted octanol–water partition coefficient (Wildman–Crippen LogP) is 3.26. The van der Waals surface area contributed by atoms with Crippen LogP contribution in [0.25, 0.3) is 0 Å². The maximum absolute atomic E-state index is 11.5. The Morgan fingerprint density at radius 2 is 2.06 bits per heavy atom. The van der Waals surface area contributed by atoms with Gasteiger partial charge in [-0.1, -0.05) is 43.9 Å². The summed E-state index contributed by atoms with van der Waals surface area (Å²) in [6.07, 6.45) is 3.16. The van der Waals surface area contributed by atoms with Crippen molar-refractivity contribution >= 4 is 16.9 Å². The van der Waals surface area contributed by atoms with Gasteiger partial charge in [-0.3, -0.25) is 4.79 Å². The number of carbonyl (C=O) groups is 1. The molecule has 0 amide bonds. The highest BCUT2D eigenvalue weighted by atomic mass is 32.2. The fraction of sp³-hybridized carbons (Fsp3) is 0.667. The lowest BCUT2D eigenvalue weighted by Crippen LogP contribution is -2.14. The Morgan fingerprint density at radius 3 is 2.67 bits per heavy atom. The van der Waals surface area contributed by atoms with Gasteiger partial charge in [-0.2, -0.15) is 0 Å². The summed E-state index contributed by atoms with van der Waals surface area (Å²) < 4.78 is 5.41. The first kappa shape index (κ1) is 17.1. The lowest BCUT2D eigenvalue weighted by molar-refractivity contribution is -0.112. The summed E-state index contributed by atoms with van der Waals surface area (Å²) in [5.74, 6) is 12.3. The topological polar surface area (TPSA) is 26.3 Å². The zero-order valence-corrected chi connectivity index (χ0v) is 12.4. The first-order valence-corrected chi connectivity index (χ1v) is 7.48. The van der Waals surface area contributed by atoms with Crippen LogP contribution in [0.3, 0.4) is 0 Å². The first-order chi connectivity index (χ1) is 8.74. The van der Waals surface area contributed by atoms with E-state index in [2.05, 4.69) is 30.6 Å². The molecule has 0 aliphatic rings. The molecule has 3 heteroatoms. The van der Waals surface area contributed by atoms with Crippen LogP contribution in [0.1, 0.15) is 46.5 Å². The number of hydrogen-bond donors (Lipinski definition) is 0. The van der Waals surface area contributed by atoms with Gasteiger partial charge in [-0.25, -0.2) is 0 Å². The summed E-state index contributed by atoms with van der Waals surface area (Å²) in [5, 5.41) is 0.129. The molecule has 0 spiro atoms. The van der Waals surface area contributed by atoms with Gasteiger partial charge in [-0.05, 0) is 30.9 Å². The highest BCUT2D eigenvalue weighted by Gasteiger charge is 2.10. The summed E-state index contributed by atoms with van der Waals surface area (Å²) >= 11 is 1.31. The van der Waals surface area contributed by atoms with Crippen molar-refractivity contribution in [3.8, 4) is 23.7 Å². The fourth-order valence-electron chi connectivity index (χ4n) is 1.21. The van der Waals surface area contributed by atoms with Crippen molar-refractivity contribution in [1.29, 1.82) is 0 Å². The van der Waals surface area contributed by atoms with Gasteiger partial charge in [0.2, 0.25) is 0 Å². The Labute approximate surface area is 115 Å². The molecule has 1 atom stereocenters. The zero-order chi connectivity index (χ0) is 13.6. The molecule has 0 heterocycles. The molecule has 1 unspecified atom stereocenters. The van der Waals surface area contributed by atoms with Crippen LogP contribution >= 0.6 is 11.8 Å². The molecule has 0 fully saturated rings. The molecule has 100 valence electrons. The number of thioether (sulfide) groups is 1. The van der Waals surface area contributed by atoms with Gasteiger partial charge < -0.3 is 4.74 Å². The second kappa shape index (κ2) is 12.6. The van der Waals surface area contributed by atoms with E-state index in [0.29, 0.717) is 13.0 Å². The van der Waals surface area contributed by atoms with Crippen LogP contribution in [0.4, 0.5) is 0 Å². The minimum atomic E-state index is -0.318. The Kier molecular flexibility index (Phi) is 11.9. The van der Waals surface area contributed by atoms with Gasteiger partial charge in [0.15, 0.2) is 5.12 Å².